The Hall–Kier alpha value is -5.18. The van der Waals surface area contributed by atoms with Crippen LogP contribution >= 0.6 is 0 Å². The molecule has 0 aromatic heterocycles. The zero-order chi connectivity index (χ0) is 35.1. The van der Waals surface area contributed by atoms with Gasteiger partial charge in [-0.1, -0.05) is 36.4 Å². The van der Waals surface area contributed by atoms with E-state index in [2.05, 4.69) is 9.80 Å². The molecule has 4 aliphatic heterocycles. The van der Waals surface area contributed by atoms with Gasteiger partial charge in [0.25, 0.3) is 0 Å². The highest BCUT2D eigenvalue weighted by atomic mass is 16.7. The van der Waals surface area contributed by atoms with Crippen molar-refractivity contribution in [3.8, 4) is 23.0 Å². The first-order valence-corrected chi connectivity index (χ1v) is 16.6. The molecule has 0 radical (unpaired) electrons. The third-order valence-corrected chi connectivity index (χ3v) is 9.08. The van der Waals surface area contributed by atoms with Crippen molar-refractivity contribution in [2.45, 2.75) is 37.1 Å². The molecule has 4 atom stereocenters. The second-order valence-corrected chi connectivity index (χ2v) is 13.4. The Morgan fingerprint density at radius 3 is 1.39 bits per heavy atom. The second kappa shape index (κ2) is 14.6. The van der Waals surface area contributed by atoms with Crippen LogP contribution in [0.1, 0.15) is 56.8 Å². The van der Waals surface area contributed by atoms with Crippen molar-refractivity contribution in [2.75, 3.05) is 51.4 Å². The lowest BCUT2D eigenvalue weighted by atomic mass is 10.0. The Labute approximate surface area is 295 Å². The monoisotopic (exact) mass is 698 g/mol. The van der Waals surface area contributed by atoms with Crippen LogP contribution in [0.25, 0.3) is 0 Å². The molecule has 4 aromatic rings. The molecule has 13 heteroatoms. The molecule has 0 aliphatic carbocycles. The zero-order valence-corrected chi connectivity index (χ0v) is 28.9. The number of anilines is 2. The van der Waals surface area contributed by atoms with Crippen molar-refractivity contribution >= 4 is 23.3 Å². The molecule has 0 spiro atoms. The summed E-state index contributed by atoms with van der Waals surface area (Å²) in [6, 6.07) is 25.5. The molecule has 4 N–H and O–H groups in total. The summed E-state index contributed by atoms with van der Waals surface area (Å²) in [7, 11) is 8.06. The molecule has 13 nitrogen and oxygen atoms in total. The van der Waals surface area contributed by atoms with E-state index >= 15 is 0 Å². The predicted octanol–water partition coefficient (Wildman–Crippen LogP) is 5.78. The number of rotatable bonds is 6. The zero-order valence-electron chi connectivity index (χ0n) is 28.9. The molecule has 0 unspecified atom stereocenters. The number of para-hydroxylation sites is 2. The van der Waals surface area contributed by atoms with E-state index in [4.69, 9.17) is 19.1 Å². The van der Waals surface area contributed by atoms with Crippen LogP contribution in [0.4, 0.5) is 11.4 Å². The predicted molar refractivity (Wildman–Crippen MR) is 190 cm³/mol. The highest BCUT2D eigenvalue weighted by molar-refractivity contribution is 5.90. The van der Waals surface area contributed by atoms with Gasteiger partial charge in [-0.05, 0) is 76.7 Å². The number of carboxylic acids is 2. The number of fused-ring (bicyclic) bond motifs is 10. The summed E-state index contributed by atoms with van der Waals surface area (Å²) >= 11 is 0. The summed E-state index contributed by atoms with van der Waals surface area (Å²) in [5.41, 5.74) is 3.84. The van der Waals surface area contributed by atoms with Gasteiger partial charge in [0.05, 0.1) is 23.2 Å². The number of hydrogen-bond acceptors (Lipinski definition) is 10. The lowest BCUT2D eigenvalue weighted by Crippen LogP contribution is -2.27. The highest BCUT2D eigenvalue weighted by Gasteiger charge is 2.41. The number of hydroxylamine groups is 2. The van der Waals surface area contributed by atoms with Crippen molar-refractivity contribution in [3.05, 3.63) is 107 Å². The number of ether oxygens (including phenoxy) is 2. The van der Waals surface area contributed by atoms with Crippen LogP contribution < -0.4 is 19.6 Å². The fraction of sp³-hybridized carbons (Fsp3) is 0.316. The number of benzene rings is 4. The minimum absolute atomic E-state index is 0. The van der Waals surface area contributed by atoms with E-state index in [0.29, 0.717) is 22.9 Å². The smallest absolute Gasteiger partial charge is 0.335 e. The summed E-state index contributed by atoms with van der Waals surface area (Å²) in [4.78, 5) is 39.3. The van der Waals surface area contributed by atoms with E-state index in [-0.39, 0.29) is 40.9 Å². The number of carboxylic acid groups (broad SMARTS) is 2. The summed E-state index contributed by atoms with van der Waals surface area (Å²) in [6.45, 7) is 1.59. The van der Waals surface area contributed by atoms with E-state index in [1.165, 1.54) is 0 Å². The highest BCUT2D eigenvalue weighted by Crippen LogP contribution is 2.51. The van der Waals surface area contributed by atoms with Crippen molar-refractivity contribution in [2.24, 2.45) is 0 Å². The third-order valence-electron chi connectivity index (χ3n) is 9.08. The number of aromatic carboxylic acids is 2. The Kier molecular flexibility index (Phi) is 10.2. The van der Waals surface area contributed by atoms with E-state index in [9.17, 15) is 19.8 Å². The van der Waals surface area contributed by atoms with E-state index in [1.807, 2.05) is 86.8 Å². The molecule has 2 saturated heterocycles. The number of carbonyl (C=O) groups is 2. The van der Waals surface area contributed by atoms with Gasteiger partial charge in [0, 0.05) is 37.1 Å². The molecular weight excluding hydrogens is 656 g/mol. The first kappa shape index (κ1) is 35.6. The molecule has 268 valence electrons. The maximum Gasteiger partial charge on any atom is 0.335 e. The average molecular weight is 699 g/mol. The fourth-order valence-electron chi connectivity index (χ4n) is 6.98. The third kappa shape index (κ3) is 7.20. The largest absolute Gasteiger partial charge is 0.478 e. The molecule has 4 aliphatic rings. The molecule has 51 heavy (non-hydrogen) atoms. The van der Waals surface area contributed by atoms with Gasteiger partial charge >= 0.3 is 11.9 Å². The van der Waals surface area contributed by atoms with E-state index in [0.717, 1.165) is 48.6 Å². The van der Waals surface area contributed by atoms with Crippen LogP contribution in [0.15, 0.2) is 84.9 Å². The van der Waals surface area contributed by atoms with Crippen LogP contribution in [0.3, 0.4) is 0 Å². The molecule has 0 bridgehead atoms. The molecule has 0 saturated carbocycles. The Balaban J connectivity index is 0.000000172. The Morgan fingerprint density at radius 1 is 0.627 bits per heavy atom. The summed E-state index contributed by atoms with van der Waals surface area (Å²) in [6.07, 6.45) is 1.70. The second-order valence-electron chi connectivity index (χ2n) is 13.4. The molecule has 2 fully saturated rings. The molecule has 4 aromatic carbocycles. The minimum Gasteiger partial charge on any atom is -0.478 e. The standard InChI is InChI=1S/2C19H20N2O4.H2O/c2*1-20(2)11-13-10-15-14-5-3-4-6-17(14)24-18-8-7-12(19(22)23)9-16(18)21(15)25-13;/h2*3-9,13,15H,10-11H2,1-2H3,(H,22,23);1H2/t2*13-,15-;/m00./s1. The first-order valence-electron chi connectivity index (χ1n) is 16.6. The van der Waals surface area contributed by atoms with Crippen molar-refractivity contribution in [1.82, 2.24) is 9.80 Å². The van der Waals surface area contributed by atoms with Crippen molar-refractivity contribution in [1.29, 1.82) is 0 Å². The van der Waals surface area contributed by atoms with Crippen LogP contribution in [-0.2, 0) is 9.68 Å². The van der Waals surface area contributed by atoms with Gasteiger partial charge in [-0.25, -0.2) is 19.7 Å². The number of nitrogens with zero attached hydrogens (tertiary/aromatic N) is 4. The normalized spacial score (nSPS) is 20.7. The van der Waals surface area contributed by atoms with Gasteiger partial charge in [-0.15, -0.1) is 0 Å². The lowest BCUT2D eigenvalue weighted by Gasteiger charge is -2.24. The first-order chi connectivity index (χ1) is 24.0. The topological polar surface area (TPSA) is 156 Å². The quantitative estimate of drug-likeness (QED) is 0.251. The van der Waals surface area contributed by atoms with Crippen LogP contribution in [0.5, 0.6) is 23.0 Å². The van der Waals surface area contributed by atoms with Crippen molar-refractivity contribution < 1.29 is 44.4 Å². The maximum absolute atomic E-state index is 11.4. The summed E-state index contributed by atoms with van der Waals surface area (Å²) in [5, 5.41) is 22.3. The van der Waals surface area contributed by atoms with Gasteiger partial charge in [-0.3, -0.25) is 9.68 Å². The number of hydrogen-bond donors (Lipinski definition) is 2. The van der Waals surface area contributed by atoms with Crippen LogP contribution in [0.2, 0.25) is 0 Å². The van der Waals surface area contributed by atoms with Gasteiger partial charge in [0.15, 0.2) is 11.5 Å². The molecular formula is C38H42N4O9. The van der Waals surface area contributed by atoms with Crippen LogP contribution in [-0.4, -0.2) is 90.9 Å². The van der Waals surface area contributed by atoms with Gasteiger partial charge in [-0.2, -0.15) is 0 Å². The van der Waals surface area contributed by atoms with Crippen molar-refractivity contribution in [3.63, 3.8) is 0 Å². The van der Waals surface area contributed by atoms with Gasteiger partial charge in [0.2, 0.25) is 0 Å². The Morgan fingerprint density at radius 2 is 1.02 bits per heavy atom. The van der Waals surface area contributed by atoms with Gasteiger partial charge < -0.3 is 35.0 Å². The van der Waals surface area contributed by atoms with E-state index in [1.54, 1.807) is 36.4 Å². The fourth-order valence-corrected chi connectivity index (χ4v) is 6.98. The minimum atomic E-state index is -0.967. The molecule has 0 amide bonds. The summed E-state index contributed by atoms with van der Waals surface area (Å²) < 4.78 is 12.1. The SMILES string of the molecule is CN(C)C[C@@H]1C[C@H]2c3ccccc3Oc3ccc(C(=O)O)cc3N2O1.CN(C)C[C@@H]1C[C@H]2c3ccccc3Oc3ccc(C(=O)O)cc3N2O1.O. The van der Waals surface area contributed by atoms with Gasteiger partial charge in [0.1, 0.15) is 35.1 Å². The molecule has 8 rings (SSSR count). The number of likely N-dealkylation sites (N-methyl/N-ethyl adjacent to an activating group) is 2. The van der Waals surface area contributed by atoms with E-state index < -0.39 is 11.9 Å². The van der Waals surface area contributed by atoms with Crippen LogP contribution in [0, 0.1) is 0 Å². The lowest BCUT2D eigenvalue weighted by molar-refractivity contribution is 0.0642. The molecule has 4 heterocycles. The summed E-state index contributed by atoms with van der Waals surface area (Å²) in [5.74, 6) is 0.841. The maximum atomic E-state index is 11.4. The average Bonchev–Trinajstić information content (AvgIpc) is 3.62. The Bertz CT molecular complexity index is 1780.